The molecule has 1 amide bonds. The van der Waals surface area contributed by atoms with E-state index in [4.69, 9.17) is 11.6 Å². The number of nitrogens with one attached hydrogen (secondary N) is 2. The first kappa shape index (κ1) is 15.7. The number of piperidine rings is 1. The summed E-state index contributed by atoms with van der Waals surface area (Å²) in [4.78, 5) is 16.9. The molecule has 24 heavy (non-hydrogen) atoms. The van der Waals surface area contributed by atoms with Crippen LogP contribution in [0.15, 0.2) is 36.7 Å². The largest absolute Gasteiger partial charge is 0.317 e. The zero-order valence-electron chi connectivity index (χ0n) is 13.5. The Morgan fingerprint density at radius 3 is 2.96 bits per heavy atom. The molecule has 0 radical (unpaired) electrons. The number of anilines is 1. The van der Waals surface area contributed by atoms with Crippen molar-refractivity contribution in [1.82, 2.24) is 14.9 Å². The predicted molar refractivity (Wildman–Crippen MR) is 94.1 cm³/mol. The van der Waals surface area contributed by atoms with Gasteiger partial charge < -0.3 is 9.88 Å². The number of rotatable bonds is 4. The van der Waals surface area contributed by atoms with E-state index >= 15 is 0 Å². The number of aromatic nitrogens is 2. The van der Waals surface area contributed by atoms with Crippen LogP contribution in [0.1, 0.15) is 24.8 Å². The van der Waals surface area contributed by atoms with Crippen molar-refractivity contribution in [3.8, 4) is 0 Å². The molecule has 4 rings (SSSR count). The van der Waals surface area contributed by atoms with Crippen LogP contribution < -0.4 is 10.6 Å². The van der Waals surface area contributed by atoms with Crippen molar-refractivity contribution in [1.29, 1.82) is 0 Å². The van der Waals surface area contributed by atoms with Crippen LogP contribution in [0, 0.1) is 11.3 Å². The van der Waals surface area contributed by atoms with E-state index in [0.717, 1.165) is 42.9 Å². The molecule has 1 saturated heterocycles. The van der Waals surface area contributed by atoms with Crippen LogP contribution in [0.25, 0.3) is 0 Å². The Kier molecular flexibility index (Phi) is 4.06. The summed E-state index contributed by atoms with van der Waals surface area (Å²) in [6.07, 6.45) is 6.77. The standard InChI is InChI=1S/C18H21ClN4O/c19-15-4-2-1-3-13(15)12-23-10-9-21-17(23)22-16(24)14-11-18(14)5-7-20-8-6-18/h1-4,9-10,14,20H,5-8,11-12H2,(H,21,22,24). The van der Waals surface area contributed by atoms with Crippen LogP contribution in [0.3, 0.4) is 0 Å². The molecule has 1 aromatic carbocycles. The van der Waals surface area contributed by atoms with Gasteiger partial charge >= 0.3 is 0 Å². The summed E-state index contributed by atoms with van der Waals surface area (Å²) in [6.45, 7) is 2.63. The Balaban J connectivity index is 1.44. The molecule has 2 aliphatic rings. The first-order chi connectivity index (χ1) is 11.7. The maximum atomic E-state index is 12.6. The number of benzene rings is 1. The van der Waals surface area contributed by atoms with Gasteiger partial charge in [0.25, 0.3) is 0 Å². The van der Waals surface area contributed by atoms with Gasteiger partial charge in [0.1, 0.15) is 0 Å². The van der Waals surface area contributed by atoms with Crippen LogP contribution >= 0.6 is 11.6 Å². The molecule has 1 unspecified atom stereocenters. The molecule has 1 aliphatic carbocycles. The molecule has 1 aromatic heterocycles. The zero-order valence-corrected chi connectivity index (χ0v) is 14.2. The van der Waals surface area contributed by atoms with Crippen molar-refractivity contribution in [3.63, 3.8) is 0 Å². The van der Waals surface area contributed by atoms with Crippen molar-refractivity contribution in [2.24, 2.45) is 11.3 Å². The SMILES string of the molecule is O=C(Nc1nccn1Cc1ccccc1Cl)C1CC12CCNCC2. The second-order valence-electron chi connectivity index (χ2n) is 6.83. The summed E-state index contributed by atoms with van der Waals surface area (Å²) in [6, 6.07) is 7.73. The number of carbonyl (C=O) groups excluding carboxylic acids is 1. The van der Waals surface area contributed by atoms with Crippen LogP contribution in [0.2, 0.25) is 5.02 Å². The van der Waals surface area contributed by atoms with E-state index in [2.05, 4.69) is 15.6 Å². The molecule has 2 aromatic rings. The van der Waals surface area contributed by atoms with Gasteiger partial charge in [0.15, 0.2) is 0 Å². The van der Waals surface area contributed by atoms with Gasteiger partial charge in [0.05, 0.1) is 6.54 Å². The molecule has 2 heterocycles. The van der Waals surface area contributed by atoms with Gasteiger partial charge in [0.2, 0.25) is 11.9 Å². The minimum Gasteiger partial charge on any atom is -0.317 e. The molecular weight excluding hydrogens is 324 g/mol. The number of carbonyl (C=O) groups is 1. The second kappa shape index (κ2) is 6.22. The van der Waals surface area contributed by atoms with E-state index in [-0.39, 0.29) is 17.2 Å². The molecule has 2 N–H and O–H groups in total. The first-order valence-corrected chi connectivity index (χ1v) is 8.82. The number of amides is 1. The molecule has 0 bridgehead atoms. The van der Waals surface area contributed by atoms with Gasteiger partial charge in [-0.15, -0.1) is 0 Å². The topological polar surface area (TPSA) is 59.0 Å². The maximum Gasteiger partial charge on any atom is 0.230 e. The normalized spacial score (nSPS) is 21.6. The predicted octanol–water partition coefficient (Wildman–Crippen LogP) is 2.91. The number of imidazole rings is 1. The summed E-state index contributed by atoms with van der Waals surface area (Å²) in [5.74, 6) is 0.824. The molecule has 1 atom stereocenters. The third kappa shape index (κ3) is 2.94. The second-order valence-corrected chi connectivity index (χ2v) is 7.24. The number of hydrogen-bond acceptors (Lipinski definition) is 3. The van der Waals surface area contributed by atoms with Crippen LogP contribution in [0.4, 0.5) is 5.95 Å². The smallest absolute Gasteiger partial charge is 0.230 e. The molecule has 1 spiro atoms. The number of hydrogen-bond donors (Lipinski definition) is 2. The summed E-state index contributed by atoms with van der Waals surface area (Å²) in [5, 5.41) is 7.10. The van der Waals surface area contributed by atoms with Crippen LogP contribution in [-0.2, 0) is 11.3 Å². The highest BCUT2D eigenvalue weighted by molar-refractivity contribution is 6.31. The molecule has 2 fully saturated rings. The fourth-order valence-corrected chi connectivity index (χ4v) is 3.96. The van der Waals surface area contributed by atoms with Crippen molar-refractivity contribution < 1.29 is 4.79 Å². The van der Waals surface area contributed by atoms with Gasteiger partial charge in [-0.05, 0) is 49.4 Å². The highest BCUT2D eigenvalue weighted by Crippen LogP contribution is 2.58. The third-order valence-electron chi connectivity index (χ3n) is 5.35. The molecule has 6 heteroatoms. The minimum absolute atomic E-state index is 0.100. The van der Waals surface area contributed by atoms with Gasteiger partial charge in [-0.3, -0.25) is 10.1 Å². The molecule has 126 valence electrons. The highest BCUT2D eigenvalue weighted by Gasteiger charge is 2.57. The summed E-state index contributed by atoms with van der Waals surface area (Å²) in [5.41, 5.74) is 1.24. The van der Waals surface area contributed by atoms with E-state index in [1.165, 1.54) is 0 Å². The van der Waals surface area contributed by atoms with E-state index in [1.54, 1.807) is 6.20 Å². The quantitative estimate of drug-likeness (QED) is 0.896. The van der Waals surface area contributed by atoms with Crippen molar-refractivity contribution in [3.05, 3.63) is 47.2 Å². The maximum absolute atomic E-state index is 12.6. The summed E-state index contributed by atoms with van der Waals surface area (Å²) in [7, 11) is 0. The summed E-state index contributed by atoms with van der Waals surface area (Å²) < 4.78 is 1.93. The average Bonchev–Trinajstić information content (AvgIpc) is 3.10. The van der Waals surface area contributed by atoms with Crippen molar-refractivity contribution in [2.75, 3.05) is 18.4 Å². The van der Waals surface area contributed by atoms with Crippen LogP contribution in [-0.4, -0.2) is 28.5 Å². The van der Waals surface area contributed by atoms with Crippen molar-refractivity contribution >= 4 is 23.5 Å². The van der Waals surface area contributed by atoms with Gasteiger partial charge in [-0.2, -0.15) is 0 Å². The lowest BCUT2D eigenvalue weighted by atomic mass is 9.92. The zero-order chi connectivity index (χ0) is 16.6. The highest BCUT2D eigenvalue weighted by atomic mass is 35.5. The molecule has 5 nitrogen and oxygen atoms in total. The molecule has 1 aliphatic heterocycles. The van der Waals surface area contributed by atoms with Gasteiger partial charge in [-0.25, -0.2) is 4.98 Å². The average molecular weight is 345 g/mol. The van der Waals surface area contributed by atoms with Gasteiger partial charge in [-0.1, -0.05) is 29.8 Å². The Hall–Kier alpha value is -1.85. The minimum atomic E-state index is 0.100. The van der Waals surface area contributed by atoms with E-state index in [9.17, 15) is 4.79 Å². The fraction of sp³-hybridized carbons (Fsp3) is 0.444. The molecule has 1 saturated carbocycles. The first-order valence-electron chi connectivity index (χ1n) is 8.44. The third-order valence-corrected chi connectivity index (χ3v) is 5.72. The molecular formula is C18H21ClN4O. The van der Waals surface area contributed by atoms with Crippen molar-refractivity contribution in [2.45, 2.75) is 25.8 Å². The Labute approximate surface area is 146 Å². The Bertz CT molecular complexity index is 751. The van der Waals surface area contributed by atoms with Crippen LogP contribution in [0.5, 0.6) is 0 Å². The lowest BCUT2D eigenvalue weighted by Crippen LogP contribution is -2.32. The lowest BCUT2D eigenvalue weighted by Gasteiger charge is -2.23. The Morgan fingerprint density at radius 1 is 1.38 bits per heavy atom. The Morgan fingerprint density at radius 2 is 2.17 bits per heavy atom. The number of nitrogens with zero attached hydrogens (tertiary/aromatic N) is 2. The lowest BCUT2D eigenvalue weighted by molar-refractivity contribution is -0.118. The number of halogens is 1. The summed E-state index contributed by atoms with van der Waals surface area (Å²) >= 11 is 6.23. The van der Waals surface area contributed by atoms with Gasteiger partial charge in [0, 0.05) is 23.3 Å². The fourth-order valence-electron chi connectivity index (χ4n) is 3.76. The van der Waals surface area contributed by atoms with E-state index in [1.807, 2.05) is 35.0 Å². The van der Waals surface area contributed by atoms with E-state index < -0.39 is 0 Å². The monoisotopic (exact) mass is 344 g/mol. The van der Waals surface area contributed by atoms with E-state index in [0.29, 0.717) is 12.5 Å².